The van der Waals surface area contributed by atoms with Crippen LogP contribution in [0.3, 0.4) is 0 Å². The third-order valence-electron chi connectivity index (χ3n) is 4.14. The van der Waals surface area contributed by atoms with Gasteiger partial charge in [-0.2, -0.15) is 0 Å². The van der Waals surface area contributed by atoms with Crippen LogP contribution < -0.4 is 9.64 Å². The number of ether oxygens (including phenoxy) is 1. The van der Waals surface area contributed by atoms with E-state index in [1.54, 1.807) is 13.4 Å². The molecular weight excluding hydrogens is 316 g/mol. The highest BCUT2D eigenvalue weighted by Gasteiger charge is 2.21. The minimum atomic E-state index is -0.465. The lowest BCUT2D eigenvalue weighted by molar-refractivity contribution is 0.125. The van der Waals surface area contributed by atoms with Crippen LogP contribution in [-0.2, 0) is 0 Å². The van der Waals surface area contributed by atoms with E-state index in [-0.39, 0.29) is 5.88 Å². The van der Waals surface area contributed by atoms with Gasteiger partial charge in [-0.05, 0) is 18.2 Å². The molecule has 1 aromatic heterocycles. The highest BCUT2D eigenvalue weighted by Crippen LogP contribution is 2.27. The first kappa shape index (κ1) is 16.2. The zero-order chi connectivity index (χ0) is 16.2. The van der Waals surface area contributed by atoms with Gasteiger partial charge < -0.3 is 14.7 Å². The van der Waals surface area contributed by atoms with Gasteiger partial charge in [-0.1, -0.05) is 0 Å². The smallest absolute Gasteiger partial charge is 0.140 e. The molecule has 0 bridgehead atoms. The molecule has 3 rings (SSSR count). The van der Waals surface area contributed by atoms with Gasteiger partial charge in [-0.3, -0.25) is 4.90 Å². The average molecular weight is 337 g/mol. The standard InChI is InChI=1S/C16H21ClN4O2/c1-23-13-2-3-15-14(8-13)16(19-11-18-15)21-6-4-20(5-7-21)10-12(22)9-17/h2-3,8,11-12,22H,4-7,9-10H2,1H3/t12-/m1/s1. The van der Waals surface area contributed by atoms with Crippen LogP contribution in [-0.4, -0.2) is 71.8 Å². The molecule has 0 aliphatic carbocycles. The Morgan fingerprint density at radius 1 is 1.26 bits per heavy atom. The first-order valence-corrected chi connectivity index (χ1v) is 8.25. The van der Waals surface area contributed by atoms with Crippen molar-refractivity contribution in [2.75, 3.05) is 50.6 Å². The maximum Gasteiger partial charge on any atom is 0.140 e. The quantitative estimate of drug-likeness (QED) is 0.832. The minimum absolute atomic E-state index is 0.274. The summed E-state index contributed by atoms with van der Waals surface area (Å²) in [6.45, 7) is 4.10. The van der Waals surface area contributed by atoms with E-state index in [9.17, 15) is 5.11 Å². The monoisotopic (exact) mass is 336 g/mol. The second-order valence-electron chi connectivity index (χ2n) is 5.68. The van der Waals surface area contributed by atoms with E-state index < -0.39 is 6.10 Å². The molecule has 1 aliphatic heterocycles. The van der Waals surface area contributed by atoms with Gasteiger partial charge in [-0.25, -0.2) is 9.97 Å². The Bertz CT molecular complexity index is 662. The molecule has 6 nitrogen and oxygen atoms in total. The van der Waals surface area contributed by atoms with Crippen LogP contribution in [0.15, 0.2) is 24.5 Å². The molecule has 2 aromatic rings. The molecule has 0 amide bonds. The fraction of sp³-hybridized carbons (Fsp3) is 0.500. The van der Waals surface area contributed by atoms with Gasteiger partial charge in [0.25, 0.3) is 0 Å². The summed E-state index contributed by atoms with van der Waals surface area (Å²) in [6.07, 6.45) is 1.14. The number of hydrogen-bond donors (Lipinski definition) is 1. The molecule has 0 unspecified atom stereocenters. The largest absolute Gasteiger partial charge is 0.497 e. The Hall–Kier alpha value is -1.63. The second kappa shape index (κ2) is 7.29. The van der Waals surface area contributed by atoms with E-state index in [0.29, 0.717) is 6.54 Å². The first-order valence-electron chi connectivity index (χ1n) is 7.71. The van der Waals surface area contributed by atoms with Crippen molar-refractivity contribution in [2.24, 2.45) is 0 Å². The van der Waals surface area contributed by atoms with Crippen molar-refractivity contribution in [1.82, 2.24) is 14.9 Å². The molecule has 1 fully saturated rings. The van der Waals surface area contributed by atoms with Crippen LogP contribution in [0.1, 0.15) is 0 Å². The van der Waals surface area contributed by atoms with E-state index in [1.165, 1.54) is 0 Å². The molecule has 124 valence electrons. The Morgan fingerprint density at radius 2 is 2.04 bits per heavy atom. The van der Waals surface area contributed by atoms with Crippen molar-refractivity contribution in [1.29, 1.82) is 0 Å². The number of halogens is 1. The van der Waals surface area contributed by atoms with Gasteiger partial charge in [0.15, 0.2) is 0 Å². The van der Waals surface area contributed by atoms with Crippen LogP contribution in [0, 0.1) is 0 Å². The number of β-amino-alcohol motifs (C(OH)–C–C–N with tert-alkyl or cyclic N) is 1. The molecule has 0 radical (unpaired) electrons. The van der Waals surface area contributed by atoms with Gasteiger partial charge in [-0.15, -0.1) is 11.6 Å². The number of aromatic nitrogens is 2. The lowest BCUT2D eigenvalue weighted by atomic mass is 10.2. The number of rotatable bonds is 5. The van der Waals surface area contributed by atoms with Crippen LogP contribution in [0.4, 0.5) is 5.82 Å². The number of methoxy groups -OCH3 is 1. The molecular formula is C16H21ClN4O2. The van der Waals surface area contributed by atoms with Gasteiger partial charge in [0.2, 0.25) is 0 Å². The predicted molar refractivity (Wildman–Crippen MR) is 91.5 cm³/mol. The summed E-state index contributed by atoms with van der Waals surface area (Å²) in [5.74, 6) is 2.01. The van der Waals surface area contributed by atoms with Crippen molar-refractivity contribution in [2.45, 2.75) is 6.10 Å². The number of aliphatic hydroxyl groups excluding tert-OH is 1. The molecule has 2 heterocycles. The molecule has 0 saturated carbocycles. The maximum atomic E-state index is 9.67. The van der Waals surface area contributed by atoms with Crippen molar-refractivity contribution in [3.05, 3.63) is 24.5 Å². The van der Waals surface area contributed by atoms with Crippen LogP contribution >= 0.6 is 11.6 Å². The van der Waals surface area contributed by atoms with Crippen molar-refractivity contribution in [3.8, 4) is 5.75 Å². The van der Waals surface area contributed by atoms with Crippen molar-refractivity contribution >= 4 is 28.3 Å². The Labute approximate surface area is 140 Å². The number of benzene rings is 1. The topological polar surface area (TPSA) is 61.7 Å². The number of alkyl halides is 1. The zero-order valence-corrected chi connectivity index (χ0v) is 13.9. The Kier molecular flexibility index (Phi) is 5.15. The normalized spacial score (nSPS) is 17.4. The molecule has 0 spiro atoms. The summed E-state index contributed by atoms with van der Waals surface area (Å²) < 4.78 is 5.32. The zero-order valence-electron chi connectivity index (χ0n) is 13.2. The Morgan fingerprint density at radius 3 is 2.74 bits per heavy atom. The summed E-state index contributed by atoms with van der Waals surface area (Å²) in [5.41, 5.74) is 0.913. The SMILES string of the molecule is COc1ccc2ncnc(N3CCN(C[C@H](O)CCl)CC3)c2c1. The molecule has 1 saturated heterocycles. The lowest BCUT2D eigenvalue weighted by Crippen LogP contribution is -2.49. The van der Waals surface area contributed by atoms with Gasteiger partial charge in [0, 0.05) is 44.0 Å². The summed E-state index contributed by atoms with van der Waals surface area (Å²) in [7, 11) is 1.66. The van der Waals surface area contributed by atoms with Crippen LogP contribution in [0.2, 0.25) is 0 Å². The average Bonchev–Trinajstić information content (AvgIpc) is 2.61. The van der Waals surface area contributed by atoms with E-state index in [2.05, 4.69) is 19.8 Å². The number of aliphatic hydroxyl groups is 1. The Balaban J connectivity index is 1.77. The number of fused-ring (bicyclic) bond motifs is 1. The molecule has 1 N–H and O–H groups in total. The maximum absolute atomic E-state index is 9.67. The highest BCUT2D eigenvalue weighted by atomic mass is 35.5. The third kappa shape index (κ3) is 3.65. The van der Waals surface area contributed by atoms with E-state index in [0.717, 1.165) is 48.6 Å². The molecule has 1 atom stereocenters. The second-order valence-corrected chi connectivity index (χ2v) is 5.98. The number of anilines is 1. The summed E-state index contributed by atoms with van der Waals surface area (Å²) >= 11 is 5.67. The van der Waals surface area contributed by atoms with E-state index >= 15 is 0 Å². The molecule has 23 heavy (non-hydrogen) atoms. The third-order valence-corrected chi connectivity index (χ3v) is 4.50. The van der Waals surface area contributed by atoms with Crippen LogP contribution in [0.5, 0.6) is 5.75 Å². The van der Waals surface area contributed by atoms with Crippen LogP contribution in [0.25, 0.3) is 10.9 Å². The lowest BCUT2D eigenvalue weighted by Gasteiger charge is -2.36. The number of piperazine rings is 1. The summed E-state index contributed by atoms with van der Waals surface area (Å²) in [5, 5.41) is 10.7. The first-order chi connectivity index (χ1) is 11.2. The van der Waals surface area contributed by atoms with Crippen molar-refractivity contribution in [3.63, 3.8) is 0 Å². The van der Waals surface area contributed by atoms with E-state index in [1.807, 2.05) is 18.2 Å². The number of nitrogens with zero attached hydrogens (tertiary/aromatic N) is 4. The molecule has 1 aromatic carbocycles. The van der Waals surface area contributed by atoms with Gasteiger partial charge in [0.1, 0.15) is 17.9 Å². The molecule has 7 heteroatoms. The van der Waals surface area contributed by atoms with E-state index in [4.69, 9.17) is 16.3 Å². The minimum Gasteiger partial charge on any atom is -0.497 e. The highest BCUT2D eigenvalue weighted by molar-refractivity contribution is 6.18. The predicted octanol–water partition coefficient (Wildman–Crippen LogP) is 1.36. The van der Waals surface area contributed by atoms with Gasteiger partial charge >= 0.3 is 0 Å². The summed E-state index contributed by atoms with van der Waals surface area (Å²) in [4.78, 5) is 13.3. The van der Waals surface area contributed by atoms with Crippen molar-refractivity contribution < 1.29 is 9.84 Å². The molecule has 1 aliphatic rings. The fourth-order valence-corrected chi connectivity index (χ4v) is 2.99. The number of hydrogen-bond acceptors (Lipinski definition) is 6. The summed E-state index contributed by atoms with van der Waals surface area (Å²) in [6, 6.07) is 5.84. The fourth-order valence-electron chi connectivity index (χ4n) is 2.89. The van der Waals surface area contributed by atoms with Gasteiger partial charge in [0.05, 0.1) is 18.7 Å².